The molecule has 1 aromatic heterocycles. The summed E-state index contributed by atoms with van der Waals surface area (Å²) in [7, 11) is 0. The molecule has 3 aromatic rings. The van der Waals surface area contributed by atoms with Gasteiger partial charge < -0.3 is 10.0 Å². The summed E-state index contributed by atoms with van der Waals surface area (Å²) in [6.07, 6.45) is -2.41. The van der Waals surface area contributed by atoms with Crippen LogP contribution >= 0.6 is 11.3 Å². The molecule has 1 amide bonds. The second-order valence-electron chi connectivity index (χ2n) is 8.70. The largest absolute Gasteiger partial charge is 0.416 e. The van der Waals surface area contributed by atoms with Gasteiger partial charge >= 0.3 is 6.18 Å². The Morgan fingerprint density at radius 1 is 1.18 bits per heavy atom. The van der Waals surface area contributed by atoms with E-state index in [1.165, 1.54) is 29.2 Å². The highest BCUT2D eigenvalue weighted by Gasteiger charge is 2.41. The maximum atomic E-state index is 13.8. The van der Waals surface area contributed by atoms with E-state index in [0.29, 0.717) is 11.6 Å². The second kappa shape index (κ2) is 8.22. The number of hydrogen-bond acceptors (Lipinski definition) is 5. The average Bonchev–Trinajstić information content (AvgIpc) is 3.37. The number of carbonyl (C=O) groups excluding carboxylic acids is 1. The van der Waals surface area contributed by atoms with Crippen LogP contribution in [0.2, 0.25) is 0 Å². The molecule has 1 fully saturated rings. The molecule has 1 aliphatic carbocycles. The summed E-state index contributed by atoms with van der Waals surface area (Å²) in [6, 6.07) is 9.76. The summed E-state index contributed by atoms with van der Waals surface area (Å²) in [5.74, 6) is -0.00442. The van der Waals surface area contributed by atoms with Gasteiger partial charge in [0.15, 0.2) is 0 Å². The number of halogens is 3. The third-order valence-electron chi connectivity index (χ3n) is 6.66. The van der Waals surface area contributed by atoms with E-state index in [-0.39, 0.29) is 29.2 Å². The molecule has 5 rings (SSSR count). The van der Waals surface area contributed by atoms with Gasteiger partial charge in [0, 0.05) is 17.2 Å². The van der Waals surface area contributed by atoms with Crippen molar-refractivity contribution in [1.82, 2.24) is 10.2 Å². The molecule has 172 valence electrons. The quantitative estimate of drug-likeness (QED) is 0.516. The summed E-state index contributed by atoms with van der Waals surface area (Å²) in [5, 5.41) is 19.0. The van der Waals surface area contributed by atoms with E-state index in [0.717, 1.165) is 35.9 Å². The first-order chi connectivity index (χ1) is 15.7. The molecular weight excluding hydrogens is 451 g/mol. The van der Waals surface area contributed by atoms with Crippen molar-refractivity contribution in [2.75, 3.05) is 4.90 Å². The van der Waals surface area contributed by atoms with Gasteiger partial charge in [-0.2, -0.15) is 13.2 Å². The van der Waals surface area contributed by atoms with E-state index in [1.807, 2.05) is 18.2 Å². The van der Waals surface area contributed by atoms with E-state index in [9.17, 15) is 23.1 Å². The molecule has 1 N–H and O–H groups in total. The number of benzene rings is 2. The number of aliphatic hydroxyl groups is 1. The summed E-state index contributed by atoms with van der Waals surface area (Å²) in [6.45, 7) is 1.22. The van der Waals surface area contributed by atoms with Crippen molar-refractivity contribution in [3.63, 3.8) is 0 Å². The van der Waals surface area contributed by atoms with Gasteiger partial charge in [-0.3, -0.25) is 4.79 Å². The zero-order valence-corrected chi connectivity index (χ0v) is 18.7. The standard InChI is InChI=1S/C24H22F3N3O2S/c1-13(31)16-9-18-19(20(10-16)24(25,26)27)11-30(23(18)32)17-7-3-6-15(8-17)21(14-4-2-5-14)22-29-28-12-33-22/h3,6-10,12-14,21,31H,2,4-5,11H2,1H3/t13?,21-/m1/s1. The minimum absolute atomic E-state index is 0.00852. The number of alkyl halides is 3. The number of aliphatic hydroxyl groups excluding tert-OH is 1. The lowest BCUT2D eigenvalue weighted by atomic mass is 9.73. The van der Waals surface area contributed by atoms with E-state index in [1.54, 1.807) is 11.6 Å². The predicted octanol–water partition coefficient (Wildman–Crippen LogP) is 5.70. The topological polar surface area (TPSA) is 66.3 Å². The molecule has 2 atom stereocenters. The zero-order chi connectivity index (χ0) is 23.3. The van der Waals surface area contributed by atoms with Crippen LogP contribution in [0, 0.1) is 5.92 Å². The van der Waals surface area contributed by atoms with Crippen LogP contribution in [0.15, 0.2) is 41.9 Å². The summed E-state index contributed by atoms with van der Waals surface area (Å²) in [4.78, 5) is 14.6. The maximum absolute atomic E-state index is 13.8. The second-order valence-corrected chi connectivity index (χ2v) is 9.57. The molecule has 5 nitrogen and oxygen atoms in total. The van der Waals surface area contributed by atoms with Crippen LogP contribution in [0.5, 0.6) is 0 Å². The molecule has 1 aliphatic heterocycles. The molecule has 33 heavy (non-hydrogen) atoms. The lowest BCUT2D eigenvalue weighted by Gasteiger charge is -2.33. The Morgan fingerprint density at radius 2 is 1.97 bits per heavy atom. The van der Waals surface area contributed by atoms with Crippen LogP contribution < -0.4 is 4.90 Å². The van der Waals surface area contributed by atoms with Gasteiger partial charge in [-0.15, -0.1) is 21.5 Å². The minimum atomic E-state index is -4.62. The summed E-state index contributed by atoms with van der Waals surface area (Å²) in [5.41, 5.74) is 2.38. The van der Waals surface area contributed by atoms with Gasteiger partial charge in [0.1, 0.15) is 10.5 Å². The van der Waals surface area contributed by atoms with Gasteiger partial charge in [-0.05, 0) is 66.6 Å². The third-order valence-corrected chi connectivity index (χ3v) is 7.43. The van der Waals surface area contributed by atoms with Gasteiger partial charge in [0.2, 0.25) is 0 Å². The molecule has 0 saturated heterocycles. The van der Waals surface area contributed by atoms with Crippen LogP contribution in [0.3, 0.4) is 0 Å². The number of aromatic nitrogens is 2. The molecule has 0 bridgehead atoms. The Morgan fingerprint density at radius 3 is 2.58 bits per heavy atom. The number of amides is 1. The van der Waals surface area contributed by atoms with Gasteiger partial charge in [-0.25, -0.2) is 0 Å². The zero-order valence-electron chi connectivity index (χ0n) is 17.8. The van der Waals surface area contributed by atoms with Crippen LogP contribution in [0.25, 0.3) is 0 Å². The fourth-order valence-electron chi connectivity index (χ4n) is 4.73. The monoisotopic (exact) mass is 473 g/mol. The fraction of sp³-hybridized carbons (Fsp3) is 0.375. The normalized spacial score (nSPS) is 18.2. The SMILES string of the molecule is CC(O)c1cc2c(c(C(F)(F)F)c1)CN(c1cccc([C@H](c3nncs3)C3CCC3)c1)C2=O. The van der Waals surface area contributed by atoms with Crippen molar-refractivity contribution in [3.05, 3.63) is 74.7 Å². The van der Waals surface area contributed by atoms with Crippen LogP contribution in [0.1, 0.15) is 75.8 Å². The highest BCUT2D eigenvalue weighted by atomic mass is 32.1. The number of hydrogen-bond donors (Lipinski definition) is 1. The van der Waals surface area contributed by atoms with Crippen molar-refractivity contribution in [1.29, 1.82) is 0 Å². The smallest absolute Gasteiger partial charge is 0.389 e. The molecule has 1 saturated carbocycles. The van der Waals surface area contributed by atoms with E-state index < -0.39 is 23.8 Å². The van der Waals surface area contributed by atoms with Crippen LogP contribution in [-0.4, -0.2) is 21.2 Å². The highest BCUT2D eigenvalue weighted by molar-refractivity contribution is 7.09. The molecule has 9 heteroatoms. The van der Waals surface area contributed by atoms with E-state index in [4.69, 9.17) is 0 Å². The number of anilines is 1. The predicted molar refractivity (Wildman–Crippen MR) is 118 cm³/mol. The number of fused-ring (bicyclic) bond motifs is 1. The summed E-state index contributed by atoms with van der Waals surface area (Å²) < 4.78 is 41.3. The van der Waals surface area contributed by atoms with Crippen molar-refractivity contribution < 1.29 is 23.1 Å². The molecule has 2 heterocycles. The highest BCUT2D eigenvalue weighted by Crippen LogP contribution is 2.45. The third kappa shape index (κ3) is 3.93. The Bertz CT molecular complexity index is 1190. The maximum Gasteiger partial charge on any atom is 0.416 e. The first kappa shape index (κ1) is 22.0. The van der Waals surface area contributed by atoms with Crippen molar-refractivity contribution >= 4 is 22.9 Å². The van der Waals surface area contributed by atoms with Crippen molar-refractivity contribution in [3.8, 4) is 0 Å². The Labute approximate surface area is 192 Å². The van der Waals surface area contributed by atoms with Gasteiger partial charge in [0.05, 0.1) is 18.2 Å². The average molecular weight is 474 g/mol. The van der Waals surface area contributed by atoms with Crippen LogP contribution in [0.4, 0.5) is 18.9 Å². The number of nitrogens with zero attached hydrogens (tertiary/aromatic N) is 3. The molecule has 0 radical (unpaired) electrons. The van der Waals surface area contributed by atoms with Gasteiger partial charge in [-0.1, -0.05) is 18.6 Å². The number of carbonyl (C=O) groups is 1. The Hall–Kier alpha value is -2.78. The Balaban J connectivity index is 1.54. The number of rotatable bonds is 5. The molecule has 1 unspecified atom stereocenters. The fourth-order valence-corrected chi connectivity index (χ4v) is 5.50. The molecule has 2 aromatic carbocycles. The molecular formula is C24H22F3N3O2S. The van der Waals surface area contributed by atoms with Crippen molar-refractivity contribution in [2.24, 2.45) is 5.92 Å². The van der Waals surface area contributed by atoms with Crippen LogP contribution in [-0.2, 0) is 12.7 Å². The van der Waals surface area contributed by atoms with Crippen molar-refractivity contribution in [2.45, 2.75) is 50.9 Å². The Kier molecular flexibility index (Phi) is 5.49. The molecule has 2 aliphatic rings. The first-order valence-electron chi connectivity index (χ1n) is 10.8. The lowest BCUT2D eigenvalue weighted by molar-refractivity contribution is -0.138. The summed E-state index contributed by atoms with van der Waals surface area (Å²) >= 11 is 1.49. The van der Waals surface area contributed by atoms with E-state index >= 15 is 0 Å². The van der Waals surface area contributed by atoms with E-state index in [2.05, 4.69) is 10.2 Å². The minimum Gasteiger partial charge on any atom is -0.389 e. The first-order valence-corrected chi connectivity index (χ1v) is 11.7. The lowest BCUT2D eigenvalue weighted by Crippen LogP contribution is -2.24. The molecule has 0 spiro atoms. The van der Waals surface area contributed by atoms with Gasteiger partial charge in [0.25, 0.3) is 5.91 Å².